The fraction of sp³-hybridized carbons (Fsp3) is 0.450. The van der Waals surface area contributed by atoms with Crippen LogP contribution in [0, 0.1) is 6.92 Å². The fourth-order valence-corrected chi connectivity index (χ4v) is 5.32. The highest BCUT2D eigenvalue weighted by Crippen LogP contribution is 2.37. The molecule has 6 nitrogen and oxygen atoms in total. The smallest absolute Gasteiger partial charge is 0.251 e. The van der Waals surface area contributed by atoms with Gasteiger partial charge in [0.1, 0.15) is 0 Å². The third-order valence-corrected chi connectivity index (χ3v) is 6.91. The third-order valence-electron chi connectivity index (χ3n) is 6.11. The zero-order valence-corrected chi connectivity index (χ0v) is 16.1. The monoisotopic (exact) mass is 381 g/mol. The van der Waals surface area contributed by atoms with Gasteiger partial charge in [-0.05, 0) is 68.4 Å². The number of aromatic amines is 1. The lowest BCUT2D eigenvalue weighted by molar-refractivity contribution is 0.0830. The van der Waals surface area contributed by atoms with Crippen LogP contribution in [0.4, 0.5) is 0 Å². The largest absolute Gasteiger partial charge is 0.361 e. The molecule has 1 amide bonds. The average Bonchev–Trinajstić information content (AvgIpc) is 3.34. The number of hydrogen-bond acceptors (Lipinski definition) is 5. The minimum Gasteiger partial charge on any atom is -0.361 e. The Morgan fingerprint density at radius 3 is 2.85 bits per heavy atom. The van der Waals surface area contributed by atoms with Gasteiger partial charge in [0.25, 0.3) is 5.91 Å². The minimum atomic E-state index is 0.0402. The molecule has 2 unspecified atom stereocenters. The van der Waals surface area contributed by atoms with Crippen molar-refractivity contribution in [2.45, 2.75) is 57.3 Å². The van der Waals surface area contributed by atoms with Gasteiger partial charge in [-0.15, -0.1) is 5.10 Å². The van der Waals surface area contributed by atoms with Gasteiger partial charge in [-0.2, -0.15) is 0 Å². The van der Waals surface area contributed by atoms with Crippen molar-refractivity contribution in [3.63, 3.8) is 0 Å². The quantitative estimate of drug-likeness (QED) is 0.728. The van der Waals surface area contributed by atoms with Crippen molar-refractivity contribution >= 4 is 28.3 Å². The molecule has 0 saturated carbocycles. The Bertz CT molecular complexity index is 966. The van der Waals surface area contributed by atoms with Crippen molar-refractivity contribution in [2.75, 3.05) is 0 Å². The molecule has 27 heavy (non-hydrogen) atoms. The van der Waals surface area contributed by atoms with Crippen molar-refractivity contribution in [3.8, 4) is 0 Å². The normalized spacial score (nSPS) is 25.1. The molecule has 2 aliphatic heterocycles. The van der Waals surface area contributed by atoms with Crippen molar-refractivity contribution in [2.24, 2.45) is 0 Å². The van der Waals surface area contributed by atoms with Gasteiger partial charge >= 0.3 is 0 Å². The van der Waals surface area contributed by atoms with Gasteiger partial charge in [0, 0.05) is 47.3 Å². The SMILES string of the molecule is Cc1nnsc1CN1C2CCC1CC(NC(=O)c1ccc3[nH]ccc3c1)C2. The van der Waals surface area contributed by atoms with E-state index in [4.69, 9.17) is 0 Å². The van der Waals surface area contributed by atoms with Gasteiger partial charge in [0.05, 0.1) is 10.6 Å². The van der Waals surface area contributed by atoms with Crippen molar-refractivity contribution in [1.29, 1.82) is 0 Å². The second kappa shape index (κ2) is 6.73. The number of hydrogen-bond donors (Lipinski definition) is 2. The highest BCUT2D eigenvalue weighted by Gasteiger charge is 2.41. The highest BCUT2D eigenvalue weighted by atomic mass is 32.1. The predicted octanol–water partition coefficient (Wildman–Crippen LogP) is 3.25. The molecule has 5 rings (SSSR count). The Hall–Kier alpha value is -2.25. The first-order valence-electron chi connectivity index (χ1n) is 9.59. The maximum atomic E-state index is 12.7. The van der Waals surface area contributed by atoms with Crippen LogP contribution in [0.2, 0.25) is 0 Å². The molecule has 1 aromatic carbocycles. The van der Waals surface area contributed by atoms with E-state index < -0.39 is 0 Å². The van der Waals surface area contributed by atoms with E-state index in [2.05, 4.69) is 24.8 Å². The van der Waals surface area contributed by atoms with Gasteiger partial charge in [0.15, 0.2) is 0 Å². The van der Waals surface area contributed by atoms with Gasteiger partial charge in [-0.25, -0.2) is 0 Å². The average molecular weight is 382 g/mol. The summed E-state index contributed by atoms with van der Waals surface area (Å²) in [7, 11) is 0. The Kier molecular flexibility index (Phi) is 4.21. The van der Waals surface area contributed by atoms with Crippen molar-refractivity contribution < 1.29 is 4.79 Å². The van der Waals surface area contributed by atoms with Crippen LogP contribution in [-0.4, -0.2) is 43.5 Å². The summed E-state index contributed by atoms with van der Waals surface area (Å²) in [5, 5.41) is 8.50. The lowest BCUT2D eigenvalue weighted by Crippen LogP contribution is -2.49. The number of nitrogens with zero attached hydrogens (tertiary/aromatic N) is 3. The van der Waals surface area contributed by atoms with Crippen LogP contribution in [0.25, 0.3) is 10.9 Å². The molecule has 140 valence electrons. The number of amides is 1. The Morgan fingerprint density at radius 1 is 1.30 bits per heavy atom. The topological polar surface area (TPSA) is 73.9 Å². The number of carbonyl (C=O) groups excluding carboxylic acids is 1. The second-order valence-corrected chi connectivity index (χ2v) is 8.60. The minimum absolute atomic E-state index is 0.0402. The Morgan fingerprint density at radius 2 is 2.11 bits per heavy atom. The summed E-state index contributed by atoms with van der Waals surface area (Å²) in [6.45, 7) is 2.98. The Balaban J connectivity index is 1.25. The number of aryl methyl sites for hydroxylation is 1. The zero-order valence-electron chi connectivity index (χ0n) is 15.3. The first-order valence-corrected chi connectivity index (χ1v) is 10.4. The van der Waals surface area contributed by atoms with Gasteiger partial charge in [-0.1, -0.05) is 4.49 Å². The first kappa shape index (κ1) is 16.9. The molecule has 0 radical (unpaired) electrons. The summed E-state index contributed by atoms with van der Waals surface area (Å²) in [5.41, 5.74) is 2.85. The maximum Gasteiger partial charge on any atom is 0.251 e. The van der Waals surface area contributed by atoms with Gasteiger partial charge in [0.2, 0.25) is 0 Å². The lowest BCUT2D eigenvalue weighted by Gasteiger charge is -2.39. The Labute approximate surface area is 162 Å². The molecular weight excluding hydrogens is 358 g/mol. The molecule has 3 aromatic rings. The molecule has 0 aliphatic carbocycles. The number of piperidine rings is 1. The van der Waals surface area contributed by atoms with E-state index in [0.717, 1.165) is 41.5 Å². The molecule has 2 bridgehead atoms. The van der Waals surface area contributed by atoms with E-state index in [9.17, 15) is 4.79 Å². The van der Waals surface area contributed by atoms with E-state index >= 15 is 0 Å². The number of fused-ring (bicyclic) bond motifs is 3. The number of nitrogens with one attached hydrogen (secondary N) is 2. The number of rotatable bonds is 4. The number of aromatic nitrogens is 3. The van der Waals surface area contributed by atoms with Crippen LogP contribution in [-0.2, 0) is 6.54 Å². The second-order valence-electron chi connectivity index (χ2n) is 7.76. The summed E-state index contributed by atoms with van der Waals surface area (Å²) < 4.78 is 4.07. The predicted molar refractivity (Wildman–Crippen MR) is 106 cm³/mol. The number of carbonyl (C=O) groups is 1. The van der Waals surface area contributed by atoms with Gasteiger partial charge in [-0.3, -0.25) is 9.69 Å². The summed E-state index contributed by atoms with van der Waals surface area (Å²) in [4.78, 5) is 19.8. The van der Waals surface area contributed by atoms with Crippen LogP contribution in [0.5, 0.6) is 0 Å². The fourth-order valence-electron chi connectivity index (χ4n) is 4.68. The summed E-state index contributed by atoms with van der Waals surface area (Å²) in [5.74, 6) is 0.0402. The van der Waals surface area contributed by atoms with Crippen LogP contribution in [0.15, 0.2) is 30.5 Å². The molecule has 2 fully saturated rings. The number of H-pyrrole nitrogens is 1. The van der Waals surface area contributed by atoms with Crippen LogP contribution in [0.3, 0.4) is 0 Å². The zero-order chi connectivity index (χ0) is 18.4. The maximum absolute atomic E-state index is 12.7. The van der Waals surface area contributed by atoms with E-state index in [1.54, 1.807) is 0 Å². The summed E-state index contributed by atoms with van der Waals surface area (Å²) >= 11 is 1.51. The van der Waals surface area contributed by atoms with Gasteiger partial charge < -0.3 is 10.3 Å². The molecule has 0 spiro atoms. The van der Waals surface area contributed by atoms with Crippen molar-refractivity contribution in [1.82, 2.24) is 24.8 Å². The standard InChI is InChI=1S/C20H23N5OS/c1-12-19(27-24-23-12)11-25-16-3-4-17(25)10-15(9-16)22-20(26)14-2-5-18-13(8-14)6-7-21-18/h2,5-8,15-17,21H,3-4,9-11H2,1H3,(H,22,26). The van der Waals surface area contributed by atoms with Crippen molar-refractivity contribution in [3.05, 3.63) is 46.6 Å². The lowest BCUT2D eigenvalue weighted by atomic mass is 9.96. The summed E-state index contributed by atoms with van der Waals surface area (Å²) in [6, 6.07) is 9.18. The van der Waals surface area contributed by atoms with Crippen LogP contribution >= 0.6 is 11.5 Å². The van der Waals surface area contributed by atoms with E-state index in [1.807, 2.05) is 37.4 Å². The first-order chi connectivity index (χ1) is 13.2. The van der Waals surface area contributed by atoms with E-state index in [0.29, 0.717) is 12.1 Å². The third kappa shape index (κ3) is 3.15. The molecule has 7 heteroatoms. The van der Waals surface area contributed by atoms with Crippen LogP contribution < -0.4 is 5.32 Å². The van der Waals surface area contributed by atoms with E-state index in [1.165, 1.54) is 29.3 Å². The summed E-state index contributed by atoms with van der Waals surface area (Å²) in [6.07, 6.45) is 6.40. The van der Waals surface area contributed by atoms with E-state index in [-0.39, 0.29) is 11.9 Å². The molecular formula is C20H23N5OS. The van der Waals surface area contributed by atoms with Crippen LogP contribution in [0.1, 0.15) is 46.6 Å². The molecule has 2 atom stereocenters. The molecule has 4 heterocycles. The molecule has 2 aromatic heterocycles. The molecule has 2 N–H and O–H groups in total. The number of benzene rings is 1. The molecule has 2 aliphatic rings. The highest BCUT2D eigenvalue weighted by molar-refractivity contribution is 7.05. The molecule has 2 saturated heterocycles.